The summed E-state index contributed by atoms with van der Waals surface area (Å²) in [5.41, 5.74) is 0.364. The highest BCUT2D eigenvalue weighted by molar-refractivity contribution is 6.22. The molecule has 5 rings (SSSR count). The lowest BCUT2D eigenvalue weighted by Gasteiger charge is -2.46. The predicted molar refractivity (Wildman–Crippen MR) is 139 cm³/mol. The molecule has 12 heteroatoms. The molecule has 2 amide bonds. The van der Waals surface area contributed by atoms with E-state index in [0.29, 0.717) is 12.5 Å². The van der Waals surface area contributed by atoms with E-state index >= 15 is 4.39 Å². The minimum Gasteiger partial charge on any atom is -0.508 e. The Morgan fingerprint density at radius 3 is 2.48 bits per heavy atom. The molecule has 214 valence electrons. The van der Waals surface area contributed by atoms with Gasteiger partial charge in [-0.25, -0.2) is 4.39 Å². The number of aliphatic hydroxyl groups is 3. The number of rotatable bonds is 6. The zero-order valence-corrected chi connectivity index (χ0v) is 21.8. The summed E-state index contributed by atoms with van der Waals surface area (Å²) in [5.74, 6) is -8.90. The van der Waals surface area contributed by atoms with E-state index in [1.165, 1.54) is 6.42 Å². The van der Waals surface area contributed by atoms with Gasteiger partial charge in [-0.1, -0.05) is 19.3 Å². The third kappa shape index (κ3) is 4.44. The highest BCUT2D eigenvalue weighted by atomic mass is 19.1. The Hall–Kier alpha value is -3.77. The summed E-state index contributed by atoms with van der Waals surface area (Å²) in [6.07, 6.45) is 4.96. The van der Waals surface area contributed by atoms with Crippen molar-refractivity contribution in [2.45, 2.75) is 57.0 Å². The SMILES string of the molecule is NC(=O)C1=C(O)[C@@]2(O)C(=O)C3=C(O)c4c(O)c(NC(=O)CNCC5CCCCC5)cc(F)c4CC3C[C@H]2CC1=O. The molecule has 4 aliphatic rings. The average Bonchev–Trinajstić information content (AvgIpc) is 2.89. The normalized spacial score (nSPS) is 26.8. The molecular weight excluding hydrogens is 525 g/mol. The number of aromatic hydroxyl groups is 1. The van der Waals surface area contributed by atoms with Gasteiger partial charge in [0.25, 0.3) is 5.91 Å². The number of phenols is 1. The number of hydrogen-bond acceptors (Lipinski definition) is 9. The Morgan fingerprint density at radius 1 is 1.10 bits per heavy atom. The molecule has 1 aromatic rings. The first-order chi connectivity index (χ1) is 18.9. The summed E-state index contributed by atoms with van der Waals surface area (Å²) in [4.78, 5) is 50.2. The van der Waals surface area contributed by atoms with Crippen LogP contribution in [0.3, 0.4) is 0 Å². The smallest absolute Gasteiger partial charge is 0.255 e. The highest BCUT2D eigenvalue weighted by Gasteiger charge is 2.60. The Labute approximate surface area is 228 Å². The van der Waals surface area contributed by atoms with Crippen LogP contribution >= 0.6 is 0 Å². The van der Waals surface area contributed by atoms with Crippen LogP contribution in [0, 0.1) is 23.6 Å². The van der Waals surface area contributed by atoms with Crippen molar-refractivity contribution in [3.8, 4) is 5.75 Å². The van der Waals surface area contributed by atoms with Gasteiger partial charge >= 0.3 is 0 Å². The Kier molecular flexibility index (Phi) is 7.17. The van der Waals surface area contributed by atoms with Gasteiger partial charge in [-0.3, -0.25) is 19.2 Å². The van der Waals surface area contributed by atoms with Crippen LogP contribution in [0.5, 0.6) is 5.75 Å². The molecule has 11 nitrogen and oxygen atoms in total. The van der Waals surface area contributed by atoms with Gasteiger partial charge in [0.05, 0.1) is 17.8 Å². The number of carbonyl (C=O) groups is 4. The standard InChI is InChI=1S/C28H32FN3O8/c29-16-9-17(32-19(34)11-31-10-12-4-2-1-3-5-12)23(35)21-15(16)7-13-6-14-8-18(33)22(27(30)39)26(38)28(14,40)25(37)20(13)24(21)36/h9,12-14,31,35-36,38,40H,1-8,10-11H2,(H2,30,39)(H,32,34)/t13?,14-,28-/m0/s1. The summed E-state index contributed by atoms with van der Waals surface area (Å²) in [5, 5.41) is 49.5. The van der Waals surface area contributed by atoms with Crippen LogP contribution < -0.4 is 16.4 Å². The molecule has 1 aromatic carbocycles. The van der Waals surface area contributed by atoms with E-state index < -0.39 is 81.5 Å². The number of nitrogens with one attached hydrogen (secondary N) is 2. The van der Waals surface area contributed by atoms with Crippen molar-refractivity contribution in [2.75, 3.05) is 18.4 Å². The molecule has 2 saturated carbocycles. The first-order valence-corrected chi connectivity index (χ1v) is 13.5. The average molecular weight is 558 g/mol. The monoisotopic (exact) mass is 557 g/mol. The van der Waals surface area contributed by atoms with Gasteiger partial charge in [-0.15, -0.1) is 0 Å². The quantitative estimate of drug-likeness (QED) is 0.201. The van der Waals surface area contributed by atoms with Crippen molar-refractivity contribution in [1.29, 1.82) is 0 Å². The lowest BCUT2D eigenvalue weighted by Crippen LogP contribution is -2.58. The number of phenolic OH excluding ortho intramolecular Hbond substituents is 1. The van der Waals surface area contributed by atoms with E-state index in [9.17, 15) is 39.6 Å². The molecule has 3 atom stereocenters. The lowest BCUT2D eigenvalue weighted by molar-refractivity contribution is -0.147. The number of amides is 2. The number of fused-ring (bicyclic) bond motifs is 3. The Morgan fingerprint density at radius 2 is 1.80 bits per heavy atom. The Bertz CT molecular complexity index is 1380. The zero-order valence-electron chi connectivity index (χ0n) is 21.8. The minimum atomic E-state index is -2.71. The van der Waals surface area contributed by atoms with Crippen molar-refractivity contribution >= 4 is 34.8 Å². The van der Waals surface area contributed by atoms with Crippen molar-refractivity contribution < 1.29 is 44.0 Å². The summed E-state index contributed by atoms with van der Waals surface area (Å²) in [6.45, 7) is 0.575. The van der Waals surface area contributed by atoms with Gasteiger partial charge in [0, 0.05) is 29.5 Å². The van der Waals surface area contributed by atoms with Gasteiger partial charge < -0.3 is 36.8 Å². The van der Waals surface area contributed by atoms with Gasteiger partial charge in [-0.05, 0) is 44.1 Å². The number of anilines is 1. The van der Waals surface area contributed by atoms with Crippen LogP contribution in [-0.4, -0.2) is 62.5 Å². The molecule has 0 heterocycles. The zero-order chi connectivity index (χ0) is 28.9. The second-order valence-corrected chi connectivity index (χ2v) is 11.2. The molecule has 4 aliphatic carbocycles. The number of carbonyl (C=O) groups excluding carboxylic acids is 4. The first-order valence-electron chi connectivity index (χ1n) is 13.5. The van der Waals surface area contributed by atoms with Crippen LogP contribution in [0.15, 0.2) is 23.0 Å². The maximum absolute atomic E-state index is 15.3. The van der Waals surface area contributed by atoms with E-state index in [1.807, 2.05) is 0 Å². The number of primary amides is 1. The van der Waals surface area contributed by atoms with Gasteiger partial charge in [0.1, 0.15) is 22.9 Å². The topological polar surface area (TPSA) is 199 Å². The van der Waals surface area contributed by atoms with Crippen molar-refractivity contribution in [3.05, 3.63) is 39.9 Å². The van der Waals surface area contributed by atoms with Crippen LogP contribution in [-0.2, 0) is 25.6 Å². The van der Waals surface area contributed by atoms with Crippen LogP contribution in [0.25, 0.3) is 5.76 Å². The third-order valence-corrected chi connectivity index (χ3v) is 8.73. The van der Waals surface area contributed by atoms with Gasteiger partial charge in [-0.2, -0.15) is 0 Å². The molecule has 0 radical (unpaired) electrons. The summed E-state index contributed by atoms with van der Waals surface area (Å²) >= 11 is 0. The van der Waals surface area contributed by atoms with Gasteiger partial charge in [0.2, 0.25) is 11.7 Å². The minimum absolute atomic E-state index is 0.0801. The van der Waals surface area contributed by atoms with Crippen molar-refractivity contribution in [1.82, 2.24) is 5.32 Å². The fraction of sp³-hybridized carbons (Fsp3) is 0.500. The lowest BCUT2D eigenvalue weighted by atomic mass is 9.59. The molecular formula is C28H32FN3O8. The number of nitrogens with two attached hydrogens (primary N) is 1. The van der Waals surface area contributed by atoms with Crippen LogP contribution in [0.1, 0.15) is 56.1 Å². The molecule has 0 saturated heterocycles. The summed E-state index contributed by atoms with van der Waals surface area (Å²) < 4.78 is 15.3. The van der Waals surface area contributed by atoms with E-state index in [0.717, 1.165) is 31.7 Å². The second kappa shape index (κ2) is 10.3. The summed E-state index contributed by atoms with van der Waals surface area (Å²) in [7, 11) is 0. The largest absolute Gasteiger partial charge is 0.508 e. The molecule has 0 bridgehead atoms. The van der Waals surface area contributed by atoms with Gasteiger partial charge in [0.15, 0.2) is 17.1 Å². The predicted octanol–water partition coefficient (Wildman–Crippen LogP) is 1.67. The van der Waals surface area contributed by atoms with E-state index in [4.69, 9.17) is 5.73 Å². The first kappa shape index (κ1) is 27.8. The number of halogens is 1. The molecule has 1 unspecified atom stereocenters. The molecule has 0 spiro atoms. The number of aliphatic hydroxyl groups excluding tert-OH is 2. The van der Waals surface area contributed by atoms with E-state index in [1.54, 1.807) is 0 Å². The second-order valence-electron chi connectivity index (χ2n) is 11.2. The summed E-state index contributed by atoms with van der Waals surface area (Å²) in [6, 6.07) is 0.935. The number of hydrogen-bond donors (Lipinski definition) is 7. The Balaban J connectivity index is 1.44. The molecule has 0 aromatic heterocycles. The van der Waals surface area contributed by atoms with Crippen molar-refractivity contribution in [3.63, 3.8) is 0 Å². The van der Waals surface area contributed by atoms with E-state index in [2.05, 4.69) is 10.6 Å². The maximum Gasteiger partial charge on any atom is 0.255 e. The fourth-order valence-corrected chi connectivity index (χ4v) is 6.71. The third-order valence-electron chi connectivity index (χ3n) is 8.73. The fourth-order valence-electron chi connectivity index (χ4n) is 6.71. The highest BCUT2D eigenvalue weighted by Crippen LogP contribution is 2.53. The molecule has 8 N–H and O–H groups in total. The number of benzene rings is 1. The molecule has 40 heavy (non-hydrogen) atoms. The number of ketones is 2. The molecule has 2 fully saturated rings. The van der Waals surface area contributed by atoms with Crippen molar-refractivity contribution in [2.24, 2.45) is 23.5 Å². The van der Waals surface area contributed by atoms with E-state index in [-0.39, 0.29) is 36.2 Å². The molecule has 0 aliphatic heterocycles. The maximum atomic E-state index is 15.3. The number of Topliss-reactive ketones (excluding diaryl/α,β-unsaturated/α-hetero) is 2. The van der Waals surface area contributed by atoms with Crippen LogP contribution in [0.4, 0.5) is 10.1 Å². The van der Waals surface area contributed by atoms with Crippen LogP contribution in [0.2, 0.25) is 0 Å².